The summed E-state index contributed by atoms with van der Waals surface area (Å²) < 4.78 is 0. The average molecular weight is 343 g/mol. The highest BCUT2D eigenvalue weighted by Gasteiger charge is 2.00. The van der Waals surface area contributed by atoms with Crippen molar-refractivity contribution >= 4 is 26.5 Å². The Morgan fingerprint density at radius 3 is 1.45 bits per heavy atom. The lowest BCUT2D eigenvalue weighted by Gasteiger charge is -2.08. The van der Waals surface area contributed by atoms with Crippen molar-refractivity contribution < 1.29 is 9.90 Å². The van der Waals surface area contributed by atoms with E-state index in [1.165, 1.54) is 91.1 Å². The molecule has 22 heavy (non-hydrogen) atoms. The van der Waals surface area contributed by atoms with E-state index >= 15 is 0 Å². The number of carbonyl (C=O) groups is 1. The predicted molar refractivity (Wildman–Crippen MR) is 105 cm³/mol. The van der Waals surface area contributed by atoms with Crippen LogP contribution >= 0.6 is 0 Å². The second kappa shape index (κ2) is 15.5. The molecule has 0 fully saturated rings. The highest BCUT2D eigenvalue weighted by molar-refractivity contribution is 6.31. The van der Waals surface area contributed by atoms with Crippen molar-refractivity contribution in [1.29, 1.82) is 0 Å². The zero-order valence-electron chi connectivity index (χ0n) is 15.3. The average Bonchev–Trinajstić information content (AvgIpc) is 2.49. The molecule has 0 aromatic carbocycles. The number of carboxylic acid groups (broad SMARTS) is 1. The van der Waals surface area contributed by atoms with E-state index in [-0.39, 0.29) is 0 Å². The van der Waals surface area contributed by atoms with Gasteiger partial charge in [0, 0.05) is 26.9 Å². The molecule has 0 rings (SSSR count). The number of unbranched alkanes of at least 4 members (excludes halogenated alkanes) is 9. The van der Waals surface area contributed by atoms with Crippen molar-refractivity contribution in [3.05, 3.63) is 10.4 Å². The Bertz CT molecular complexity index is 314. The summed E-state index contributed by atoms with van der Waals surface area (Å²) in [5.41, 5.74) is 0. The molecule has 0 aliphatic rings. The maximum absolute atomic E-state index is 10.4. The van der Waals surface area contributed by atoms with Crippen LogP contribution in [-0.4, -0.2) is 31.6 Å². The number of rotatable bonds is 15. The number of aliphatic carboxylic acids is 1. The minimum absolute atomic E-state index is 0.342. The van der Waals surface area contributed by atoms with Gasteiger partial charge in [-0.3, -0.25) is 4.79 Å². The van der Waals surface area contributed by atoms with Crippen molar-refractivity contribution in [3.8, 4) is 0 Å². The molecule has 0 spiro atoms. The number of hydrogen-bond acceptors (Lipinski definition) is 1. The maximum atomic E-state index is 10.4. The summed E-state index contributed by atoms with van der Waals surface area (Å²) in [7, 11) is 2.51. The fourth-order valence-corrected chi connectivity index (χ4v) is 4.00. The lowest BCUT2D eigenvalue weighted by molar-refractivity contribution is -0.137. The summed E-state index contributed by atoms with van der Waals surface area (Å²) in [5.74, 6) is -0.653. The first-order valence-electron chi connectivity index (χ1n) is 9.45. The lowest BCUT2D eigenvalue weighted by Crippen LogP contribution is -1.95. The zero-order valence-corrected chi connectivity index (χ0v) is 19.3. The van der Waals surface area contributed by atoms with Gasteiger partial charge in [0.2, 0.25) is 0 Å². The molecule has 0 aliphatic carbocycles. The Balaban J connectivity index is 3.53. The molecule has 0 heterocycles. The third-order valence-electron chi connectivity index (χ3n) is 4.58. The maximum Gasteiger partial charge on any atom is 0.303 e. The van der Waals surface area contributed by atoms with Gasteiger partial charge in [0.1, 0.15) is 0 Å². The van der Waals surface area contributed by atoms with Gasteiger partial charge in [0.15, 0.2) is 0 Å². The SMILES string of the molecule is CCCCCCCC/C([SiH3])=C(/[SiH3])CCCCCCCC(=O)O. The summed E-state index contributed by atoms with van der Waals surface area (Å²) in [6.07, 6.45) is 17.2. The smallest absolute Gasteiger partial charge is 0.303 e. The van der Waals surface area contributed by atoms with Crippen molar-refractivity contribution in [1.82, 2.24) is 0 Å². The molecule has 130 valence electrons. The number of allylic oxidation sites excluding steroid dienone is 2. The van der Waals surface area contributed by atoms with Gasteiger partial charge in [-0.05, 0) is 32.1 Å². The van der Waals surface area contributed by atoms with Crippen LogP contribution < -0.4 is 0 Å². The fraction of sp³-hybridized carbons (Fsp3) is 0.833. The molecule has 0 aliphatic heterocycles. The zero-order chi connectivity index (χ0) is 16.6. The van der Waals surface area contributed by atoms with Gasteiger partial charge in [0.25, 0.3) is 0 Å². The third kappa shape index (κ3) is 14.6. The molecule has 0 saturated carbocycles. The van der Waals surface area contributed by atoms with Crippen LogP contribution in [0.25, 0.3) is 0 Å². The van der Waals surface area contributed by atoms with Crippen LogP contribution in [0.15, 0.2) is 10.4 Å². The first-order chi connectivity index (χ1) is 10.6. The van der Waals surface area contributed by atoms with Gasteiger partial charge < -0.3 is 5.11 Å². The molecule has 0 bridgehead atoms. The molecule has 0 amide bonds. The standard InChI is InChI=1S/C18H38O2Si2/c1-2-3-4-5-7-10-13-16(21)17(22)14-11-8-6-9-12-15-18(19)20/h2-15H2,1,21-22H3,(H,19,20)/b17-16-. The van der Waals surface area contributed by atoms with E-state index in [0.717, 1.165) is 12.8 Å². The van der Waals surface area contributed by atoms with Crippen LogP contribution in [0.5, 0.6) is 0 Å². The molecule has 4 heteroatoms. The minimum atomic E-state index is -0.653. The molecule has 0 aromatic heterocycles. The highest BCUT2D eigenvalue weighted by atomic mass is 28.2. The quantitative estimate of drug-likeness (QED) is 0.365. The van der Waals surface area contributed by atoms with Crippen molar-refractivity contribution in [2.24, 2.45) is 0 Å². The van der Waals surface area contributed by atoms with E-state index in [2.05, 4.69) is 6.92 Å². The Morgan fingerprint density at radius 2 is 1.05 bits per heavy atom. The fourth-order valence-electron chi connectivity index (χ4n) is 2.79. The van der Waals surface area contributed by atoms with Gasteiger partial charge in [-0.1, -0.05) is 68.7 Å². The van der Waals surface area contributed by atoms with Crippen molar-refractivity contribution in [3.63, 3.8) is 0 Å². The normalized spacial score (nSPS) is 12.6. The van der Waals surface area contributed by atoms with E-state index in [1.54, 1.807) is 10.4 Å². The van der Waals surface area contributed by atoms with Gasteiger partial charge in [0.05, 0.1) is 0 Å². The van der Waals surface area contributed by atoms with E-state index in [1.807, 2.05) is 0 Å². The summed E-state index contributed by atoms with van der Waals surface area (Å²) in [4.78, 5) is 10.4. The first kappa shape index (κ1) is 21.6. The monoisotopic (exact) mass is 342 g/mol. The second-order valence-corrected chi connectivity index (χ2v) is 9.15. The largest absolute Gasteiger partial charge is 0.481 e. The molecular weight excluding hydrogens is 304 g/mol. The highest BCUT2D eigenvalue weighted by Crippen LogP contribution is 2.16. The van der Waals surface area contributed by atoms with E-state index in [4.69, 9.17) is 5.11 Å². The first-order valence-corrected chi connectivity index (χ1v) is 11.4. The van der Waals surface area contributed by atoms with Crippen LogP contribution in [0.1, 0.15) is 96.8 Å². The van der Waals surface area contributed by atoms with Crippen LogP contribution in [0.4, 0.5) is 0 Å². The molecule has 2 nitrogen and oxygen atoms in total. The predicted octanol–water partition coefficient (Wildman–Crippen LogP) is 3.49. The van der Waals surface area contributed by atoms with Gasteiger partial charge >= 0.3 is 5.97 Å². The van der Waals surface area contributed by atoms with Crippen molar-refractivity contribution in [2.75, 3.05) is 0 Å². The Kier molecular flexibility index (Phi) is 15.3. The van der Waals surface area contributed by atoms with Gasteiger partial charge in [-0.2, -0.15) is 0 Å². The van der Waals surface area contributed by atoms with Crippen molar-refractivity contribution in [2.45, 2.75) is 96.8 Å². The Hall–Kier alpha value is -0.356. The minimum Gasteiger partial charge on any atom is -0.481 e. The summed E-state index contributed by atoms with van der Waals surface area (Å²) in [6.45, 7) is 2.28. The summed E-state index contributed by atoms with van der Waals surface area (Å²) in [6, 6.07) is 0. The van der Waals surface area contributed by atoms with E-state index in [9.17, 15) is 4.79 Å². The molecule has 0 saturated heterocycles. The Labute approximate surface area is 144 Å². The lowest BCUT2D eigenvalue weighted by atomic mass is 10.1. The molecule has 0 unspecified atom stereocenters. The van der Waals surface area contributed by atoms with Gasteiger partial charge in [-0.15, -0.1) is 0 Å². The molecule has 0 aromatic rings. The van der Waals surface area contributed by atoms with Crippen LogP contribution in [-0.2, 0) is 4.79 Å². The van der Waals surface area contributed by atoms with E-state index in [0.29, 0.717) is 6.42 Å². The summed E-state index contributed by atoms with van der Waals surface area (Å²) >= 11 is 0. The Morgan fingerprint density at radius 1 is 0.682 bits per heavy atom. The molecule has 1 N–H and O–H groups in total. The molecular formula is C18H38O2Si2. The third-order valence-corrected chi connectivity index (χ3v) is 8.28. The number of hydrogen-bond donors (Lipinski definition) is 1. The second-order valence-electron chi connectivity index (χ2n) is 6.74. The van der Waals surface area contributed by atoms with Crippen LogP contribution in [0.2, 0.25) is 0 Å². The number of carboxylic acids is 1. The van der Waals surface area contributed by atoms with Gasteiger partial charge in [-0.25, -0.2) is 0 Å². The summed E-state index contributed by atoms with van der Waals surface area (Å²) in [5, 5.41) is 12.2. The van der Waals surface area contributed by atoms with E-state index < -0.39 is 5.97 Å². The van der Waals surface area contributed by atoms with Crippen LogP contribution in [0, 0.1) is 0 Å². The topological polar surface area (TPSA) is 37.3 Å². The molecule has 0 radical (unpaired) electrons. The molecule has 0 atom stereocenters. The van der Waals surface area contributed by atoms with Crippen LogP contribution in [0.3, 0.4) is 0 Å².